The number of benzene rings is 1. The number of hydrogen-bond donors (Lipinski definition) is 1. The van der Waals surface area contributed by atoms with Gasteiger partial charge in [0.2, 0.25) is 0 Å². The number of aliphatic carboxylic acids is 1. The molecule has 0 radical (unpaired) electrons. The number of esters is 1. The van der Waals surface area contributed by atoms with Crippen LogP contribution in [0.2, 0.25) is 0 Å². The number of hydrogen-bond acceptors (Lipinski definition) is 3. The molecule has 4 nitrogen and oxygen atoms in total. The van der Waals surface area contributed by atoms with Gasteiger partial charge < -0.3 is 9.84 Å². The van der Waals surface area contributed by atoms with E-state index in [1.54, 1.807) is 18.2 Å². The van der Waals surface area contributed by atoms with E-state index in [-0.39, 0.29) is 16.9 Å². The molecule has 0 saturated heterocycles. The lowest BCUT2D eigenvalue weighted by Crippen LogP contribution is -2.08. The third-order valence-electron chi connectivity index (χ3n) is 2.00. The summed E-state index contributed by atoms with van der Waals surface area (Å²) in [6, 6.07) is 6.16. The van der Waals surface area contributed by atoms with Crippen molar-refractivity contribution < 1.29 is 19.4 Å². The summed E-state index contributed by atoms with van der Waals surface area (Å²) >= 11 is 0. The van der Waals surface area contributed by atoms with Crippen LogP contribution in [0.4, 0.5) is 0 Å². The van der Waals surface area contributed by atoms with Crippen LogP contribution < -0.4 is 4.74 Å². The molecule has 0 aliphatic heterocycles. The monoisotopic (exact) mass is 232 g/mol. The zero-order chi connectivity index (χ0) is 13.0. The summed E-state index contributed by atoms with van der Waals surface area (Å²) in [5.74, 6) is -1.41. The number of rotatable bonds is 4. The van der Waals surface area contributed by atoms with E-state index < -0.39 is 11.9 Å². The molecule has 1 aromatic carbocycles. The summed E-state index contributed by atoms with van der Waals surface area (Å²) in [6.45, 7) is 8.40. The van der Waals surface area contributed by atoms with Crippen LogP contribution >= 0.6 is 0 Å². The van der Waals surface area contributed by atoms with Crippen molar-refractivity contribution in [2.75, 3.05) is 0 Å². The van der Waals surface area contributed by atoms with Gasteiger partial charge in [0.05, 0.1) is 5.57 Å². The summed E-state index contributed by atoms with van der Waals surface area (Å²) in [4.78, 5) is 22.0. The van der Waals surface area contributed by atoms with Crippen molar-refractivity contribution in [1.82, 2.24) is 0 Å². The summed E-state index contributed by atoms with van der Waals surface area (Å²) in [5, 5.41) is 8.78. The maximum atomic E-state index is 11.3. The van der Waals surface area contributed by atoms with Gasteiger partial charge in [-0.05, 0) is 24.6 Å². The molecule has 17 heavy (non-hydrogen) atoms. The van der Waals surface area contributed by atoms with Crippen LogP contribution in [0.3, 0.4) is 0 Å². The van der Waals surface area contributed by atoms with E-state index in [0.29, 0.717) is 5.56 Å². The molecule has 0 heterocycles. The van der Waals surface area contributed by atoms with E-state index in [0.717, 1.165) is 0 Å². The minimum absolute atomic E-state index is 0.0572. The van der Waals surface area contributed by atoms with Crippen LogP contribution in [0, 0.1) is 0 Å². The molecule has 0 aliphatic rings. The fourth-order valence-electron chi connectivity index (χ4n) is 1.06. The molecule has 0 unspecified atom stereocenters. The van der Waals surface area contributed by atoms with Gasteiger partial charge in [0.25, 0.3) is 0 Å². The highest BCUT2D eigenvalue weighted by Crippen LogP contribution is 2.19. The summed E-state index contributed by atoms with van der Waals surface area (Å²) in [7, 11) is 0. The smallest absolute Gasteiger partial charge is 0.338 e. The Labute approximate surface area is 98.8 Å². The second-order valence-electron chi connectivity index (χ2n) is 3.48. The zero-order valence-corrected chi connectivity index (χ0v) is 9.40. The minimum atomic E-state index is -1.12. The largest absolute Gasteiger partial charge is 0.478 e. The predicted octanol–water partition coefficient (Wildman–Crippen LogP) is 2.27. The zero-order valence-electron chi connectivity index (χ0n) is 9.40. The molecule has 1 aromatic rings. The fraction of sp³-hybridized carbons (Fsp3) is 0.0769. The molecular weight excluding hydrogens is 220 g/mol. The standard InChI is InChI=1S/C13H12O4/c1-8(2)13(16)17-11-6-4-5-10(7-11)9(3)12(14)15/h4-7H,1,3H2,2H3,(H,14,15). The second-order valence-corrected chi connectivity index (χ2v) is 3.48. The number of carbonyl (C=O) groups excluding carboxylic acids is 1. The number of carboxylic acids is 1. The Bertz CT molecular complexity index is 500. The van der Waals surface area contributed by atoms with Gasteiger partial charge in [-0.25, -0.2) is 9.59 Å². The molecule has 0 bridgehead atoms. The van der Waals surface area contributed by atoms with Crippen molar-refractivity contribution in [1.29, 1.82) is 0 Å². The van der Waals surface area contributed by atoms with Crippen LogP contribution in [-0.4, -0.2) is 17.0 Å². The topological polar surface area (TPSA) is 63.6 Å². The average molecular weight is 232 g/mol. The Morgan fingerprint density at radius 1 is 1.29 bits per heavy atom. The highest BCUT2D eigenvalue weighted by Gasteiger charge is 2.10. The van der Waals surface area contributed by atoms with E-state index in [1.807, 2.05) is 0 Å². The number of ether oxygens (including phenoxy) is 1. The summed E-state index contributed by atoms with van der Waals surface area (Å²) in [5.41, 5.74) is 0.607. The average Bonchev–Trinajstić information content (AvgIpc) is 2.28. The third-order valence-corrected chi connectivity index (χ3v) is 2.00. The van der Waals surface area contributed by atoms with Crippen molar-refractivity contribution in [3.05, 3.63) is 48.6 Å². The first-order chi connectivity index (χ1) is 7.91. The number of carbonyl (C=O) groups is 2. The Morgan fingerprint density at radius 3 is 2.47 bits per heavy atom. The molecule has 0 atom stereocenters. The molecular formula is C13H12O4. The number of carboxylic acid groups (broad SMARTS) is 1. The lowest BCUT2D eigenvalue weighted by Gasteiger charge is -2.06. The molecule has 1 rings (SSSR count). The van der Waals surface area contributed by atoms with E-state index in [4.69, 9.17) is 9.84 Å². The van der Waals surface area contributed by atoms with Crippen LogP contribution in [-0.2, 0) is 9.59 Å². The first-order valence-electron chi connectivity index (χ1n) is 4.82. The maximum Gasteiger partial charge on any atom is 0.338 e. The van der Waals surface area contributed by atoms with Crippen LogP contribution in [0.5, 0.6) is 5.75 Å². The molecule has 0 aromatic heterocycles. The first kappa shape index (κ1) is 12.7. The normalized spacial score (nSPS) is 9.47. The Kier molecular flexibility index (Phi) is 3.82. The maximum absolute atomic E-state index is 11.3. The molecule has 0 fully saturated rings. The quantitative estimate of drug-likeness (QED) is 0.491. The lowest BCUT2D eigenvalue weighted by atomic mass is 10.1. The molecule has 88 valence electrons. The van der Waals surface area contributed by atoms with Crippen molar-refractivity contribution in [3.63, 3.8) is 0 Å². The van der Waals surface area contributed by atoms with Gasteiger partial charge in [0.15, 0.2) is 0 Å². The lowest BCUT2D eigenvalue weighted by molar-refractivity contribution is -0.131. The molecule has 0 aliphatic carbocycles. The molecule has 0 amide bonds. The van der Waals surface area contributed by atoms with Gasteiger partial charge in [0, 0.05) is 5.57 Å². The van der Waals surface area contributed by atoms with E-state index in [1.165, 1.54) is 13.0 Å². The van der Waals surface area contributed by atoms with Gasteiger partial charge in [0.1, 0.15) is 5.75 Å². The Hall–Kier alpha value is -2.36. The third kappa shape index (κ3) is 3.31. The van der Waals surface area contributed by atoms with Gasteiger partial charge in [-0.3, -0.25) is 0 Å². The Morgan fingerprint density at radius 2 is 1.94 bits per heavy atom. The van der Waals surface area contributed by atoms with Crippen LogP contribution in [0.15, 0.2) is 43.0 Å². The summed E-state index contributed by atoms with van der Waals surface area (Å²) in [6.07, 6.45) is 0. The van der Waals surface area contributed by atoms with Crippen molar-refractivity contribution >= 4 is 17.5 Å². The van der Waals surface area contributed by atoms with E-state index in [2.05, 4.69) is 13.2 Å². The molecule has 1 N–H and O–H groups in total. The van der Waals surface area contributed by atoms with Crippen LogP contribution in [0.25, 0.3) is 5.57 Å². The van der Waals surface area contributed by atoms with Gasteiger partial charge >= 0.3 is 11.9 Å². The highest BCUT2D eigenvalue weighted by molar-refractivity contribution is 6.14. The molecule has 0 saturated carbocycles. The van der Waals surface area contributed by atoms with Gasteiger partial charge in [-0.2, -0.15) is 0 Å². The molecule has 4 heteroatoms. The van der Waals surface area contributed by atoms with Crippen molar-refractivity contribution in [2.24, 2.45) is 0 Å². The fourth-order valence-corrected chi connectivity index (χ4v) is 1.06. The summed E-state index contributed by atoms with van der Waals surface area (Å²) < 4.78 is 4.97. The van der Waals surface area contributed by atoms with E-state index >= 15 is 0 Å². The predicted molar refractivity (Wildman–Crippen MR) is 63.6 cm³/mol. The Balaban J connectivity index is 2.94. The van der Waals surface area contributed by atoms with Crippen molar-refractivity contribution in [3.8, 4) is 5.75 Å². The van der Waals surface area contributed by atoms with E-state index in [9.17, 15) is 9.59 Å². The highest BCUT2D eigenvalue weighted by atomic mass is 16.5. The SMILES string of the molecule is C=C(C)C(=O)Oc1cccc(C(=C)C(=O)O)c1. The van der Waals surface area contributed by atoms with Crippen LogP contribution in [0.1, 0.15) is 12.5 Å². The molecule has 0 spiro atoms. The first-order valence-corrected chi connectivity index (χ1v) is 4.82. The minimum Gasteiger partial charge on any atom is -0.478 e. The van der Waals surface area contributed by atoms with Gasteiger partial charge in [-0.15, -0.1) is 0 Å². The van der Waals surface area contributed by atoms with Crippen molar-refractivity contribution in [2.45, 2.75) is 6.92 Å². The van der Waals surface area contributed by atoms with Gasteiger partial charge in [-0.1, -0.05) is 25.3 Å². The second kappa shape index (κ2) is 5.12.